The maximum absolute atomic E-state index is 5.49. The maximum Gasteiger partial charge on any atom is 0.161 e. The summed E-state index contributed by atoms with van der Waals surface area (Å²) in [5.41, 5.74) is 4.46. The summed E-state index contributed by atoms with van der Waals surface area (Å²) < 4.78 is 10.8. The summed E-state index contributed by atoms with van der Waals surface area (Å²) in [7, 11) is 1.62. The van der Waals surface area contributed by atoms with E-state index < -0.39 is 0 Å². The lowest BCUT2D eigenvalue weighted by Gasteiger charge is -2.09. The van der Waals surface area contributed by atoms with Gasteiger partial charge in [0.1, 0.15) is 6.61 Å². The van der Waals surface area contributed by atoms with E-state index in [-0.39, 0.29) is 0 Å². The molecule has 4 heteroatoms. The lowest BCUT2D eigenvalue weighted by atomic mass is 10.1. The summed E-state index contributed by atoms with van der Waals surface area (Å²) >= 11 is 0. The molecule has 0 spiro atoms. The molecule has 0 fully saturated rings. The van der Waals surface area contributed by atoms with Crippen LogP contribution in [0.4, 0.5) is 0 Å². The molecule has 0 saturated heterocycles. The molecule has 122 valence electrons. The molecule has 0 unspecified atom stereocenters. The van der Waals surface area contributed by atoms with Crippen LogP contribution in [0.2, 0.25) is 0 Å². The molecule has 2 aromatic carbocycles. The predicted molar refractivity (Wildman–Crippen MR) is 92.5 cm³/mol. The molecule has 0 bridgehead atoms. The van der Waals surface area contributed by atoms with Gasteiger partial charge in [-0.05, 0) is 50.1 Å². The van der Waals surface area contributed by atoms with Crippen molar-refractivity contribution in [2.75, 3.05) is 13.7 Å². The van der Waals surface area contributed by atoms with Crippen molar-refractivity contribution in [3.05, 3.63) is 58.7 Å². The molecule has 0 radical (unpaired) electrons. The fourth-order valence-corrected chi connectivity index (χ4v) is 2.20. The Morgan fingerprint density at radius 2 is 1.87 bits per heavy atom. The Labute approximate surface area is 137 Å². The van der Waals surface area contributed by atoms with Gasteiger partial charge in [-0.25, -0.2) is 0 Å². The van der Waals surface area contributed by atoms with Crippen LogP contribution in [0.3, 0.4) is 0 Å². The van der Waals surface area contributed by atoms with Crippen molar-refractivity contribution in [1.82, 2.24) is 0 Å². The zero-order valence-corrected chi connectivity index (χ0v) is 14.1. The van der Waals surface area contributed by atoms with Crippen LogP contribution in [0, 0.1) is 13.8 Å². The minimum Gasteiger partial charge on any atom is -0.493 e. The largest absolute Gasteiger partial charge is 0.493 e. The lowest BCUT2D eigenvalue weighted by molar-refractivity contribution is 0.131. The second kappa shape index (κ2) is 8.22. The van der Waals surface area contributed by atoms with Gasteiger partial charge >= 0.3 is 0 Å². The Morgan fingerprint density at radius 1 is 1.04 bits per heavy atom. The van der Waals surface area contributed by atoms with Gasteiger partial charge in [-0.15, -0.1) is 0 Å². The third-order valence-electron chi connectivity index (χ3n) is 3.49. The van der Waals surface area contributed by atoms with Crippen LogP contribution < -0.4 is 9.47 Å². The topological polar surface area (TPSA) is 40.0 Å². The van der Waals surface area contributed by atoms with Crippen LogP contribution >= 0.6 is 0 Å². The average molecular weight is 313 g/mol. The Balaban J connectivity index is 1.99. The molecule has 0 amide bonds. The first kappa shape index (κ1) is 16.9. The van der Waals surface area contributed by atoms with E-state index in [4.69, 9.17) is 14.3 Å². The summed E-state index contributed by atoms with van der Waals surface area (Å²) in [4.78, 5) is 5.41. The van der Waals surface area contributed by atoms with E-state index in [1.54, 1.807) is 13.3 Å². The number of benzene rings is 2. The Hall–Kier alpha value is -2.49. The smallest absolute Gasteiger partial charge is 0.161 e. The molecule has 23 heavy (non-hydrogen) atoms. The van der Waals surface area contributed by atoms with Crippen LogP contribution in [-0.4, -0.2) is 19.9 Å². The first-order valence-electron chi connectivity index (χ1n) is 7.66. The van der Waals surface area contributed by atoms with Crippen LogP contribution in [-0.2, 0) is 11.4 Å². The Bertz CT molecular complexity index is 680. The number of rotatable bonds is 7. The van der Waals surface area contributed by atoms with Crippen molar-refractivity contribution in [3.63, 3.8) is 0 Å². The Morgan fingerprint density at radius 3 is 2.61 bits per heavy atom. The minimum atomic E-state index is 0.457. The fourth-order valence-electron chi connectivity index (χ4n) is 2.20. The van der Waals surface area contributed by atoms with Crippen molar-refractivity contribution >= 4 is 6.21 Å². The van der Waals surface area contributed by atoms with Crippen LogP contribution in [0.15, 0.2) is 41.6 Å². The summed E-state index contributed by atoms with van der Waals surface area (Å²) in [5.74, 6) is 1.41. The average Bonchev–Trinajstić information content (AvgIpc) is 2.56. The molecule has 0 N–H and O–H groups in total. The second-order valence-electron chi connectivity index (χ2n) is 5.28. The van der Waals surface area contributed by atoms with Gasteiger partial charge in [0.05, 0.1) is 19.9 Å². The zero-order valence-electron chi connectivity index (χ0n) is 14.1. The molecular formula is C19H23NO3. The van der Waals surface area contributed by atoms with E-state index in [1.165, 1.54) is 11.1 Å². The molecular weight excluding hydrogens is 290 g/mol. The first-order valence-corrected chi connectivity index (χ1v) is 7.66. The van der Waals surface area contributed by atoms with Crippen molar-refractivity contribution in [1.29, 1.82) is 0 Å². The highest BCUT2D eigenvalue weighted by atomic mass is 16.6. The zero-order chi connectivity index (χ0) is 16.7. The lowest BCUT2D eigenvalue weighted by Crippen LogP contribution is -1.96. The molecule has 0 atom stereocenters. The highest BCUT2D eigenvalue weighted by Gasteiger charge is 2.04. The Kier molecular flexibility index (Phi) is 6.03. The van der Waals surface area contributed by atoms with Gasteiger partial charge in [0.25, 0.3) is 0 Å². The molecule has 0 aliphatic rings. The highest BCUT2D eigenvalue weighted by molar-refractivity contribution is 5.80. The summed E-state index contributed by atoms with van der Waals surface area (Å²) in [6.07, 6.45) is 1.67. The second-order valence-corrected chi connectivity index (χ2v) is 5.28. The molecule has 0 heterocycles. The van der Waals surface area contributed by atoms with E-state index in [2.05, 4.69) is 37.2 Å². The van der Waals surface area contributed by atoms with Crippen LogP contribution in [0.25, 0.3) is 0 Å². The molecule has 0 aliphatic heterocycles. The van der Waals surface area contributed by atoms with Gasteiger partial charge < -0.3 is 14.3 Å². The number of hydrogen-bond donors (Lipinski definition) is 0. The number of hydrogen-bond acceptors (Lipinski definition) is 4. The van der Waals surface area contributed by atoms with Gasteiger partial charge in [-0.1, -0.05) is 28.9 Å². The number of aryl methyl sites for hydroxylation is 2. The third kappa shape index (κ3) is 4.74. The van der Waals surface area contributed by atoms with E-state index in [1.807, 2.05) is 25.1 Å². The van der Waals surface area contributed by atoms with Crippen LogP contribution in [0.5, 0.6) is 11.5 Å². The highest BCUT2D eigenvalue weighted by Crippen LogP contribution is 2.27. The van der Waals surface area contributed by atoms with Crippen LogP contribution in [0.1, 0.15) is 29.2 Å². The van der Waals surface area contributed by atoms with Crippen molar-refractivity contribution in [2.45, 2.75) is 27.4 Å². The first-order chi connectivity index (χ1) is 11.1. The third-order valence-corrected chi connectivity index (χ3v) is 3.49. The molecule has 2 aromatic rings. The van der Waals surface area contributed by atoms with Crippen molar-refractivity contribution in [2.24, 2.45) is 5.16 Å². The van der Waals surface area contributed by atoms with Gasteiger partial charge in [0.15, 0.2) is 11.5 Å². The SMILES string of the molecule is CCOc1ccc(/C=N/OCc2cc(C)ccc2C)cc1OC. The summed E-state index contributed by atoms with van der Waals surface area (Å²) in [6, 6.07) is 12.0. The summed E-state index contributed by atoms with van der Waals surface area (Å²) in [6.45, 7) is 7.13. The van der Waals surface area contributed by atoms with E-state index in [0.717, 1.165) is 16.9 Å². The quantitative estimate of drug-likeness (QED) is 0.566. The van der Waals surface area contributed by atoms with E-state index >= 15 is 0 Å². The van der Waals surface area contributed by atoms with Crippen molar-refractivity contribution in [3.8, 4) is 11.5 Å². The fraction of sp³-hybridized carbons (Fsp3) is 0.316. The van der Waals surface area contributed by atoms with Crippen molar-refractivity contribution < 1.29 is 14.3 Å². The standard InChI is InChI=1S/C19H23NO3/c1-5-22-18-9-8-16(11-19(18)21-4)12-20-23-13-17-10-14(2)6-7-15(17)3/h6-12H,5,13H2,1-4H3/b20-12+. The van der Waals surface area contributed by atoms with Gasteiger partial charge in [0.2, 0.25) is 0 Å². The normalized spacial score (nSPS) is 10.8. The monoisotopic (exact) mass is 313 g/mol. The van der Waals surface area contributed by atoms with Gasteiger partial charge in [-0.2, -0.15) is 0 Å². The molecule has 4 nitrogen and oxygen atoms in total. The summed E-state index contributed by atoms with van der Waals surface area (Å²) in [5, 5.41) is 4.04. The van der Waals surface area contributed by atoms with Gasteiger partial charge in [0, 0.05) is 5.56 Å². The number of nitrogens with zero attached hydrogens (tertiary/aromatic N) is 1. The predicted octanol–water partition coefficient (Wildman–Crippen LogP) is 4.26. The molecule has 0 aromatic heterocycles. The minimum absolute atomic E-state index is 0.457. The maximum atomic E-state index is 5.49. The molecule has 0 saturated carbocycles. The van der Waals surface area contributed by atoms with Gasteiger partial charge in [-0.3, -0.25) is 0 Å². The molecule has 2 rings (SSSR count). The van der Waals surface area contributed by atoms with E-state index in [9.17, 15) is 0 Å². The molecule has 0 aliphatic carbocycles. The number of oxime groups is 1. The number of methoxy groups -OCH3 is 1. The number of ether oxygens (including phenoxy) is 2. The van der Waals surface area contributed by atoms with E-state index in [0.29, 0.717) is 19.0 Å².